The topological polar surface area (TPSA) is 117 Å². The van der Waals surface area contributed by atoms with Gasteiger partial charge in [0.05, 0.1) is 12.8 Å². The molecule has 0 fully saturated rings. The number of primary amides is 1. The van der Waals surface area contributed by atoms with Crippen molar-refractivity contribution in [2.45, 2.75) is 31.7 Å². The van der Waals surface area contributed by atoms with E-state index in [2.05, 4.69) is 0 Å². The molecule has 2 unspecified atom stereocenters. The minimum absolute atomic E-state index is 0.385. The second-order valence-electron chi connectivity index (χ2n) is 5.14. The predicted octanol–water partition coefficient (Wildman–Crippen LogP) is 0.946. The number of rotatable bonds is 2. The van der Waals surface area contributed by atoms with E-state index in [1.165, 1.54) is 7.11 Å². The smallest absolute Gasteiger partial charge is 0.405 e. The van der Waals surface area contributed by atoms with Gasteiger partial charge < -0.3 is 30.8 Å². The number of methoxy groups -OCH3 is 1. The standard InChI is InChI=1S/C13H18N2O5/c1-13(2)11(16)10(19-12(15)17)6-4-9(18-3)7(14)5-8(6)20-13/h4-5,10-11,16H,14H2,1-3H3,(H2,15,17). The number of nitrogen functional groups attached to an aromatic ring is 1. The first kappa shape index (κ1) is 14.3. The van der Waals surface area contributed by atoms with Gasteiger partial charge in [-0.05, 0) is 19.9 Å². The van der Waals surface area contributed by atoms with E-state index in [-0.39, 0.29) is 0 Å². The van der Waals surface area contributed by atoms with Crippen LogP contribution in [0.15, 0.2) is 12.1 Å². The summed E-state index contributed by atoms with van der Waals surface area (Å²) in [5.41, 5.74) is 10.8. The molecule has 1 aromatic carbocycles. The average Bonchev–Trinajstić information content (AvgIpc) is 2.34. The molecule has 7 heteroatoms. The number of hydrogen-bond donors (Lipinski definition) is 3. The molecule has 7 nitrogen and oxygen atoms in total. The molecular weight excluding hydrogens is 264 g/mol. The number of carbonyl (C=O) groups is 1. The summed E-state index contributed by atoms with van der Waals surface area (Å²) in [7, 11) is 1.46. The van der Waals surface area contributed by atoms with Crippen molar-refractivity contribution in [2.75, 3.05) is 12.8 Å². The van der Waals surface area contributed by atoms with Gasteiger partial charge in [-0.3, -0.25) is 0 Å². The van der Waals surface area contributed by atoms with Crippen LogP contribution in [-0.4, -0.2) is 30.0 Å². The van der Waals surface area contributed by atoms with E-state index >= 15 is 0 Å². The molecule has 2 rings (SSSR count). The van der Waals surface area contributed by atoms with Crippen LogP contribution in [0.1, 0.15) is 25.5 Å². The molecule has 1 heterocycles. The molecule has 0 saturated carbocycles. The van der Waals surface area contributed by atoms with Gasteiger partial charge in [0.2, 0.25) is 0 Å². The molecule has 1 aliphatic rings. The largest absolute Gasteiger partial charge is 0.495 e. The first-order valence-corrected chi connectivity index (χ1v) is 6.07. The van der Waals surface area contributed by atoms with Crippen LogP contribution in [0, 0.1) is 0 Å². The van der Waals surface area contributed by atoms with Crippen molar-refractivity contribution in [1.82, 2.24) is 0 Å². The number of nitrogens with two attached hydrogens (primary N) is 2. The number of ether oxygens (including phenoxy) is 3. The van der Waals surface area contributed by atoms with Gasteiger partial charge in [0.15, 0.2) is 6.10 Å². The average molecular weight is 282 g/mol. The third-order valence-electron chi connectivity index (χ3n) is 3.28. The second kappa shape index (κ2) is 4.75. The molecule has 0 bridgehead atoms. The number of aliphatic hydroxyl groups is 1. The zero-order chi connectivity index (χ0) is 15.1. The van der Waals surface area contributed by atoms with Crippen molar-refractivity contribution in [2.24, 2.45) is 5.73 Å². The predicted molar refractivity (Wildman–Crippen MR) is 71.5 cm³/mol. The molecule has 2 atom stereocenters. The Balaban J connectivity index is 2.55. The minimum Gasteiger partial charge on any atom is -0.495 e. The van der Waals surface area contributed by atoms with Crippen molar-refractivity contribution in [3.05, 3.63) is 17.7 Å². The van der Waals surface area contributed by atoms with Gasteiger partial charge in [-0.2, -0.15) is 0 Å². The molecule has 1 aliphatic heterocycles. The number of hydrogen-bond acceptors (Lipinski definition) is 6. The molecule has 0 aromatic heterocycles. The van der Waals surface area contributed by atoms with Crippen LogP contribution in [0.5, 0.6) is 11.5 Å². The number of carbonyl (C=O) groups excluding carboxylic acids is 1. The summed E-state index contributed by atoms with van der Waals surface area (Å²) in [6, 6.07) is 3.13. The van der Waals surface area contributed by atoms with Crippen molar-refractivity contribution in [3.63, 3.8) is 0 Å². The van der Waals surface area contributed by atoms with Gasteiger partial charge in [0, 0.05) is 11.6 Å². The van der Waals surface area contributed by atoms with E-state index in [4.69, 9.17) is 25.7 Å². The quantitative estimate of drug-likeness (QED) is 0.695. The Morgan fingerprint density at radius 3 is 2.65 bits per heavy atom. The maximum absolute atomic E-state index is 11.0. The Kier molecular flexibility index (Phi) is 3.39. The van der Waals surface area contributed by atoms with Crippen molar-refractivity contribution >= 4 is 11.8 Å². The van der Waals surface area contributed by atoms with Crippen LogP contribution in [0.25, 0.3) is 0 Å². The summed E-state index contributed by atoms with van der Waals surface area (Å²) < 4.78 is 15.8. The summed E-state index contributed by atoms with van der Waals surface area (Å²) in [5, 5.41) is 10.3. The highest BCUT2D eigenvalue weighted by Crippen LogP contribution is 2.45. The van der Waals surface area contributed by atoms with E-state index in [1.54, 1.807) is 26.0 Å². The lowest BCUT2D eigenvalue weighted by Crippen LogP contribution is -2.50. The van der Waals surface area contributed by atoms with Crippen LogP contribution in [0.3, 0.4) is 0 Å². The van der Waals surface area contributed by atoms with Crippen LogP contribution in [-0.2, 0) is 4.74 Å². The highest BCUT2D eigenvalue weighted by Gasteiger charge is 2.45. The number of fused-ring (bicyclic) bond motifs is 1. The highest BCUT2D eigenvalue weighted by atomic mass is 16.6. The van der Waals surface area contributed by atoms with E-state index in [0.29, 0.717) is 22.7 Å². The SMILES string of the molecule is COc1cc2c(cc1N)OC(C)(C)C(O)C2OC(N)=O. The first-order chi connectivity index (χ1) is 9.26. The molecule has 0 aliphatic carbocycles. The van der Waals surface area contributed by atoms with E-state index in [9.17, 15) is 9.90 Å². The van der Waals surface area contributed by atoms with Gasteiger partial charge in [-0.25, -0.2) is 4.79 Å². The van der Waals surface area contributed by atoms with E-state index in [0.717, 1.165) is 0 Å². The zero-order valence-electron chi connectivity index (χ0n) is 11.5. The van der Waals surface area contributed by atoms with Crippen molar-refractivity contribution in [1.29, 1.82) is 0 Å². The molecule has 20 heavy (non-hydrogen) atoms. The van der Waals surface area contributed by atoms with Gasteiger partial charge in [-0.1, -0.05) is 0 Å². The Morgan fingerprint density at radius 1 is 1.45 bits per heavy atom. The maximum Gasteiger partial charge on any atom is 0.405 e. The summed E-state index contributed by atoms with van der Waals surface area (Å²) in [4.78, 5) is 11.0. The second-order valence-corrected chi connectivity index (χ2v) is 5.14. The van der Waals surface area contributed by atoms with Gasteiger partial charge >= 0.3 is 6.09 Å². The molecule has 0 spiro atoms. The van der Waals surface area contributed by atoms with E-state index < -0.39 is 23.9 Å². The monoisotopic (exact) mass is 282 g/mol. The molecule has 0 saturated heterocycles. The molecule has 0 radical (unpaired) electrons. The molecule has 1 amide bonds. The summed E-state index contributed by atoms with van der Waals surface area (Å²) >= 11 is 0. The molecule has 1 aromatic rings. The Labute approximate surface area is 116 Å². The lowest BCUT2D eigenvalue weighted by molar-refractivity contribution is -0.112. The third-order valence-corrected chi connectivity index (χ3v) is 3.28. The number of aliphatic hydroxyl groups excluding tert-OH is 1. The Bertz CT molecular complexity index is 544. The van der Waals surface area contributed by atoms with Crippen LogP contribution >= 0.6 is 0 Å². The lowest BCUT2D eigenvalue weighted by atomic mass is 9.88. The maximum atomic E-state index is 11.0. The van der Waals surface area contributed by atoms with E-state index in [1.807, 2.05) is 0 Å². The van der Waals surface area contributed by atoms with Gasteiger partial charge in [0.25, 0.3) is 0 Å². The van der Waals surface area contributed by atoms with Crippen LogP contribution < -0.4 is 20.9 Å². The summed E-state index contributed by atoms with van der Waals surface area (Å²) in [5.74, 6) is 0.821. The van der Waals surface area contributed by atoms with Crippen molar-refractivity contribution in [3.8, 4) is 11.5 Å². The van der Waals surface area contributed by atoms with Crippen LogP contribution in [0.2, 0.25) is 0 Å². The fraction of sp³-hybridized carbons (Fsp3) is 0.462. The summed E-state index contributed by atoms with van der Waals surface area (Å²) in [6.45, 7) is 3.36. The fourth-order valence-corrected chi connectivity index (χ4v) is 2.21. The highest BCUT2D eigenvalue weighted by molar-refractivity contribution is 5.66. The Hall–Kier alpha value is -2.15. The number of benzene rings is 1. The molecular formula is C13H18N2O5. The molecule has 5 N–H and O–H groups in total. The Morgan fingerprint density at radius 2 is 2.10 bits per heavy atom. The normalized spacial score (nSPS) is 23.4. The lowest BCUT2D eigenvalue weighted by Gasteiger charge is -2.41. The summed E-state index contributed by atoms with van der Waals surface area (Å²) in [6.07, 6.45) is -3.00. The molecule has 110 valence electrons. The van der Waals surface area contributed by atoms with Crippen LogP contribution in [0.4, 0.5) is 10.5 Å². The van der Waals surface area contributed by atoms with Gasteiger partial charge in [-0.15, -0.1) is 0 Å². The zero-order valence-corrected chi connectivity index (χ0v) is 11.5. The fourth-order valence-electron chi connectivity index (χ4n) is 2.21. The van der Waals surface area contributed by atoms with Gasteiger partial charge in [0.1, 0.15) is 23.2 Å². The first-order valence-electron chi connectivity index (χ1n) is 6.07. The minimum atomic E-state index is -1.07. The number of anilines is 1. The third kappa shape index (κ3) is 2.32. The number of amides is 1. The van der Waals surface area contributed by atoms with Crippen molar-refractivity contribution < 1.29 is 24.1 Å².